The van der Waals surface area contributed by atoms with Crippen molar-refractivity contribution in [2.75, 3.05) is 5.32 Å². The number of hydrogen-bond acceptors (Lipinski definition) is 3. The standard InChI is InChI=1S/C7H10N4O2/c1-2-11-5(3-4-9-11)10-7(13)6(8)12/h3-4H,2H2,1H3,(H2,8,12)(H,10,13). The Morgan fingerprint density at radius 3 is 2.92 bits per heavy atom. The number of primary amides is 1. The highest BCUT2D eigenvalue weighted by atomic mass is 16.2. The van der Waals surface area contributed by atoms with E-state index >= 15 is 0 Å². The van der Waals surface area contributed by atoms with Crippen LogP contribution in [0.15, 0.2) is 12.3 Å². The molecule has 0 aliphatic heterocycles. The first-order valence-corrected chi connectivity index (χ1v) is 3.77. The van der Waals surface area contributed by atoms with Crippen LogP contribution in [0.25, 0.3) is 0 Å². The Bertz CT molecular complexity index is 331. The Hall–Kier alpha value is -1.85. The number of anilines is 1. The minimum absolute atomic E-state index is 0.464. The number of hydrogen-bond donors (Lipinski definition) is 2. The Morgan fingerprint density at radius 2 is 2.38 bits per heavy atom. The van der Waals surface area contributed by atoms with Gasteiger partial charge in [0.05, 0.1) is 6.20 Å². The zero-order valence-electron chi connectivity index (χ0n) is 7.15. The lowest BCUT2D eigenvalue weighted by Gasteiger charge is -2.03. The molecule has 0 spiro atoms. The second kappa shape index (κ2) is 3.70. The molecule has 1 aromatic heterocycles. The molecule has 70 valence electrons. The van der Waals surface area contributed by atoms with E-state index in [0.29, 0.717) is 12.4 Å². The fourth-order valence-electron chi connectivity index (χ4n) is 0.869. The van der Waals surface area contributed by atoms with E-state index < -0.39 is 11.8 Å². The number of rotatable bonds is 2. The maximum atomic E-state index is 10.9. The first kappa shape index (κ1) is 9.24. The molecule has 0 fully saturated rings. The van der Waals surface area contributed by atoms with Gasteiger partial charge in [-0.3, -0.25) is 9.59 Å². The SMILES string of the molecule is CCn1nccc1NC(=O)C(N)=O. The topological polar surface area (TPSA) is 90.0 Å². The van der Waals surface area contributed by atoms with Gasteiger partial charge in [0.1, 0.15) is 5.82 Å². The number of carbonyl (C=O) groups excluding carboxylic acids is 2. The Balaban J connectivity index is 2.74. The highest BCUT2D eigenvalue weighted by Crippen LogP contribution is 2.04. The second-order valence-electron chi connectivity index (χ2n) is 2.35. The lowest BCUT2D eigenvalue weighted by molar-refractivity contribution is -0.134. The van der Waals surface area contributed by atoms with Gasteiger partial charge in [0.15, 0.2) is 0 Å². The molecule has 1 rings (SSSR count). The lowest BCUT2D eigenvalue weighted by atomic mass is 10.5. The van der Waals surface area contributed by atoms with Gasteiger partial charge in [0.25, 0.3) is 0 Å². The molecule has 0 saturated carbocycles. The summed E-state index contributed by atoms with van der Waals surface area (Å²) >= 11 is 0. The molecule has 0 atom stereocenters. The third kappa shape index (κ3) is 2.05. The van der Waals surface area contributed by atoms with Gasteiger partial charge in [-0.25, -0.2) is 4.68 Å². The average Bonchev–Trinajstić information content (AvgIpc) is 2.51. The largest absolute Gasteiger partial charge is 0.361 e. The van der Waals surface area contributed by atoms with E-state index in [2.05, 4.69) is 10.4 Å². The van der Waals surface area contributed by atoms with Gasteiger partial charge in [-0.1, -0.05) is 0 Å². The van der Waals surface area contributed by atoms with E-state index in [1.807, 2.05) is 6.92 Å². The van der Waals surface area contributed by atoms with E-state index in [0.717, 1.165) is 0 Å². The minimum Gasteiger partial charge on any atom is -0.361 e. The van der Waals surface area contributed by atoms with Gasteiger partial charge in [0.2, 0.25) is 0 Å². The molecule has 0 unspecified atom stereocenters. The summed E-state index contributed by atoms with van der Waals surface area (Å²) < 4.78 is 1.54. The van der Waals surface area contributed by atoms with Crippen molar-refractivity contribution in [3.63, 3.8) is 0 Å². The van der Waals surface area contributed by atoms with E-state index in [4.69, 9.17) is 5.73 Å². The van der Waals surface area contributed by atoms with Crippen molar-refractivity contribution in [1.29, 1.82) is 0 Å². The van der Waals surface area contributed by atoms with Crippen LogP contribution in [0.5, 0.6) is 0 Å². The number of carbonyl (C=O) groups is 2. The molecule has 13 heavy (non-hydrogen) atoms. The van der Waals surface area contributed by atoms with Crippen molar-refractivity contribution in [3.05, 3.63) is 12.3 Å². The summed E-state index contributed by atoms with van der Waals surface area (Å²) in [7, 11) is 0. The molecular formula is C7H10N4O2. The molecule has 0 bridgehead atoms. The van der Waals surface area contributed by atoms with Gasteiger partial charge in [-0.05, 0) is 6.92 Å². The van der Waals surface area contributed by atoms with Crippen molar-refractivity contribution in [2.45, 2.75) is 13.5 Å². The number of nitrogens with zero attached hydrogens (tertiary/aromatic N) is 2. The predicted octanol–water partition coefficient (Wildman–Crippen LogP) is -0.673. The number of aromatic nitrogens is 2. The maximum Gasteiger partial charge on any atom is 0.314 e. The third-order valence-electron chi connectivity index (χ3n) is 1.48. The Labute approximate surface area is 74.7 Å². The first-order chi connectivity index (χ1) is 6.15. The number of aryl methyl sites for hydroxylation is 1. The van der Waals surface area contributed by atoms with Crippen LogP contribution < -0.4 is 11.1 Å². The molecule has 0 saturated heterocycles. The van der Waals surface area contributed by atoms with Crippen LogP contribution in [0.1, 0.15) is 6.92 Å². The minimum atomic E-state index is -1.01. The van der Waals surface area contributed by atoms with Crippen LogP contribution in [0.4, 0.5) is 5.82 Å². The summed E-state index contributed by atoms with van der Waals surface area (Å²) in [4.78, 5) is 21.3. The van der Waals surface area contributed by atoms with Gasteiger partial charge in [-0.15, -0.1) is 0 Å². The smallest absolute Gasteiger partial charge is 0.314 e. The summed E-state index contributed by atoms with van der Waals surface area (Å²) in [5.74, 6) is -1.38. The summed E-state index contributed by atoms with van der Waals surface area (Å²) in [6.45, 7) is 2.48. The molecule has 0 aliphatic carbocycles. The molecule has 0 aromatic carbocycles. The normalized spacial score (nSPS) is 9.62. The van der Waals surface area contributed by atoms with E-state index in [1.54, 1.807) is 10.7 Å². The zero-order valence-corrected chi connectivity index (χ0v) is 7.15. The highest BCUT2D eigenvalue weighted by Gasteiger charge is 2.10. The monoisotopic (exact) mass is 182 g/mol. The summed E-state index contributed by atoms with van der Waals surface area (Å²) in [5.41, 5.74) is 4.76. The molecule has 6 heteroatoms. The maximum absolute atomic E-state index is 10.9. The van der Waals surface area contributed by atoms with Gasteiger partial charge in [0, 0.05) is 12.6 Å². The Morgan fingerprint density at radius 1 is 1.69 bits per heavy atom. The van der Waals surface area contributed by atoms with Crippen molar-refractivity contribution in [3.8, 4) is 0 Å². The van der Waals surface area contributed by atoms with E-state index in [1.165, 1.54) is 6.20 Å². The second-order valence-corrected chi connectivity index (χ2v) is 2.35. The van der Waals surface area contributed by atoms with Crippen molar-refractivity contribution < 1.29 is 9.59 Å². The molecule has 0 radical (unpaired) electrons. The first-order valence-electron chi connectivity index (χ1n) is 3.77. The Kier molecular flexibility index (Phi) is 2.63. The molecule has 2 amide bonds. The van der Waals surface area contributed by atoms with E-state index in [-0.39, 0.29) is 0 Å². The van der Waals surface area contributed by atoms with Crippen molar-refractivity contribution >= 4 is 17.6 Å². The van der Waals surface area contributed by atoms with Crippen LogP contribution in [-0.4, -0.2) is 21.6 Å². The van der Waals surface area contributed by atoms with E-state index in [9.17, 15) is 9.59 Å². The number of nitrogens with one attached hydrogen (secondary N) is 1. The summed E-state index contributed by atoms with van der Waals surface area (Å²) in [6, 6.07) is 1.59. The lowest BCUT2D eigenvalue weighted by Crippen LogP contribution is -2.30. The van der Waals surface area contributed by atoms with Crippen LogP contribution >= 0.6 is 0 Å². The molecule has 1 heterocycles. The fourth-order valence-corrected chi connectivity index (χ4v) is 0.869. The molecule has 6 nitrogen and oxygen atoms in total. The number of amides is 2. The van der Waals surface area contributed by atoms with Gasteiger partial charge < -0.3 is 11.1 Å². The predicted molar refractivity (Wildman–Crippen MR) is 45.7 cm³/mol. The van der Waals surface area contributed by atoms with Gasteiger partial charge in [-0.2, -0.15) is 5.10 Å². The van der Waals surface area contributed by atoms with Crippen LogP contribution in [-0.2, 0) is 16.1 Å². The average molecular weight is 182 g/mol. The molecule has 1 aromatic rings. The van der Waals surface area contributed by atoms with Crippen LogP contribution in [0.2, 0.25) is 0 Å². The quantitative estimate of drug-likeness (QED) is 0.594. The number of nitrogens with two attached hydrogens (primary N) is 1. The van der Waals surface area contributed by atoms with Crippen LogP contribution in [0.3, 0.4) is 0 Å². The highest BCUT2D eigenvalue weighted by molar-refractivity contribution is 6.38. The third-order valence-corrected chi connectivity index (χ3v) is 1.48. The zero-order chi connectivity index (χ0) is 9.84. The molecule has 0 aliphatic rings. The molecule has 3 N–H and O–H groups in total. The summed E-state index contributed by atoms with van der Waals surface area (Å²) in [5, 5.41) is 6.22. The van der Waals surface area contributed by atoms with Gasteiger partial charge >= 0.3 is 11.8 Å². The van der Waals surface area contributed by atoms with Crippen LogP contribution in [0, 0.1) is 0 Å². The van der Waals surface area contributed by atoms with Crippen molar-refractivity contribution in [2.24, 2.45) is 5.73 Å². The fraction of sp³-hybridized carbons (Fsp3) is 0.286. The summed E-state index contributed by atoms with van der Waals surface area (Å²) in [6.07, 6.45) is 1.53. The molecular weight excluding hydrogens is 172 g/mol. The van der Waals surface area contributed by atoms with Crippen molar-refractivity contribution in [1.82, 2.24) is 9.78 Å².